The molecule has 0 fully saturated rings. The van der Waals surface area contributed by atoms with Crippen molar-refractivity contribution in [3.05, 3.63) is 76.7 Å². The highest BCUT2D eigenvalue weighted by Crippen LogP contribution is 2.36. The molecule has 2 aromatic heterocycles. The molecule has 7 heteroatoms. The number of carbonyl (C=O) groups excluding carboxylic acids is 1. The van der Waals surface area contributed by atoms with Gasteiger partial charge in [0.2, 0.25) is 0 Å². The zero-order valence-corrected chi connectivity index (χ0v) is 16.9. The Hall–Kier alpha value is -3.02. The van der Waals surface area contributed by atoms with Crippen LogP contribution in [0.3, 0.4) is 0 Å². The van der Waals surface area contributed by atoms with E-state index in [1.54, 1.807) is 43.6 Å². The second kappa shape index (κ2) is 8.15. The van der Waals surface area contributed by atoms with E-state index < -0.39 is 5.97 Å². The number of benzene rings is 2. The van der Waals surface area contributed by atoms with Gasteiger partial charge in [-0.3, -0.25) is 0 Å². The monoisotopic (exact) mass is 423 g/mol. The van der Waals surface area contributed by atoms with Crippen molar-refractivity contribution in [2.75, 3.05) is 6.61 Å². The van der Waals surface area contributed by atoms with Crippen LogP contribution < -0.4 is 0 Å². The molecule has 0 atom stereocenters. The fourth-order valence-electron chi connectivity index (χ4n) is 3.15. The smallest absolute Gasteiger partial charge is 0.357 e. The number of carbonyl (C=O) groups is 1. The molecule has 0 saturated heterocycles. The van der Waals surface area contributed by atoms with Crippen LogP contribution in [0.2, 0.25) is 10.0 Å². The number of halogens is 2. The quantitative estimate of drug-likeness (QED) is 0.385. The molecule has 0 saturated carbocycles. The van der Waals surface area contributed by atoms with Gasteiger partial charge in [-0.25, -0.2) is 9.78 Å². The van der Waals surface area contributed by atoms with Crippen molar-refractivity contribution in [1.82, 2.24) is 15.2 Å². The number of ether oxygens (including phenoxy) is 1. The average Bonchev–Trinajstić information content (AvgIpc) is 2.74. The van der Waals surface area contributed by atoms with Crippen LogP contribution in [0.15, 0.2) is 60.9 Å². The summed E-state index contributed by atoms with van der Waals surface area (Å²) in [4.78, 5) is 17.5. The molecular formula is C22H15Cl2N3O2. The van der Waals surface area contributed by atoms with Crippen LogP contribution in [0.25, 0.3) is 33.2 Å². The number of fused-ring (bicyclic) bond motifs is 1. The molecule has 0 aliphatic rings. The number of nitrogens with zero attached hydrogens (tertiary/aromatic N) is 3. The van der Waals surface area contributed by atoms with Gasteiger partial charge in [-0.1, -0.05) is 47.5 Å². The Morgan fingerprint density at radius 1 is 0.862 bits per heavy atom. The Balaban J connectivity index is 2.07. The fraction of sp³-hybridized carbons (Fsp3) is 0.0909. The molecule has 5 nitrogen and oxygen atoms in total. The predicted octanol–water partition coefficient (Wildman–Crippen LogP) is 5.84. The molecule has 0 bridgehead atoms. The highest BCUT2D eigenvalue weighted by molar-refractivity contribution is 6.31. The van der Waals surface area contributed by atoms with Crippen molar-refractivity contribution in [2.45, 2.75) is 6.92 Å². The normalized spacial score (nSPS) is 10.9. The third-order valence-electron chi connectivity index (χ3n) is 4.43. The number of rotatable bonds is 4. The molecule has 2 aromatic carbocycles. The van der Waals surface area contributed by atoms with Crippen molar-refractivity contribution in [3.8, 4) is 22.4 Å². The molecule has 4 rings (SSSR count). The highest BCUT2D eigenvalue weighted by Gasteiger charge is 2.22. The first-order chi connectivity index (χ1) is 14.1. The Labute approximate surface area is 177 Å². The Bertz CT molecular complexity index is 1190. The van der Waals surface area contributed by atoms with Crippen molar-refractivity contribution < 1.29 is 9.53 Å². The van der Waals surface area contributed by atoms with Gasteiger partial charge in [0.15, 0.2) is 5.69 Å². The van der Waals surface area contributed by atoms with Crippen molar-refractivity contribution in [2.24, 2.45) is 0 Å². The minimum absolute atomic E-state index is 0.208. The Kier molecular flexibility index (Phi) is 5.43. The molecule has 0 unspecified atom stereocenters. The number of esters is 1. The van der Waals surface area contributed by atoms with Crippen molar-refractivity contribution >= 4 is 39.9 Å². The summed E-state index contributed by atoms with van der Waals surface area (Å²) < 4.78 is 5.29. The molecule has 4 aromatic rings. The summed E-state index contributed by atoms with van der Waals surface area (Å²) in [5.41, 5.74) is 3.03. The van der Waals surface area contributed by atoms with Crippen molar-refractivity contribution in [1.29, 1.82) is 0 Å². The largest absolute Gasteiger partial charge is 0.461 e. The van der Waals surface area contributed by atoms with E-state index in [4.69, 9.17) is 32.9 Å². The van der Waals surface area contributed by atoms with Gasteiger partial charge >= 0.3 is 5.97 Å². The van der Waals surface area contributed by atoms with E-state index in [-0.39, 0.29) is 12.3 Å². The van der Waals surface area contributed by atoms with Gasteiger partial charge in [0.25, 0.3) is 0 Å². The van der Waals surface area contributed by atoms with Gasteiger partial charge in [-0.15, -0.1) is 0 Å². The van der Waals surface area contributed by atoms with Crippen LogP contribution in [0.4, 0.5) is 0 Å². The first kappa shape index (κ1) is 19.3. The fourth-order valence-corrected chi connectivity index (χ4v) is 3.40. The van der Waals surface area contributed by atoms with Gasteiger partial charge in [0.1, 0.15) is 0 Å². The molecule has 144 valence electrons. The summed E-state index contributed by atoms with van der Waals surface area (Å²) in [6, 6.07) is 14.4. The molecule has 0 aliphatic heterocycles. The zero-order chi connectivity index (χ0) is 20.4. The summed E-state index contributed by atoms with van der Waals surface area (Å²) in [5.74, 6) is -0.508. The molecule has 0 amide bonds. The maximum absolute atomic E-state index is 12.8. The molecule has 29 heavy (non-hydrogen) atoms. The van der Waals surface area contributed by atoms with E-state index in [1.165, 1.54) is 0 Å². The van der Waals surface area contributed by atoms with Gasteiger partial charge in [0.05, 0.1) is 24.7 Å². The highest BCUT2D eigenvalue weighted by atomic mass is 35.5. The van der Waals surface area contributed by atoms with Crippen LogP contribution in [0.5, 0.6) is 0 Å². The summed E-state index contributed by atoms with van der Waals surface area (Å²) in [7, 11) is 0. The predicted molar refractivity (Wildman–Crippen MR) is 114 cm³/mol. The van der Waals surface area contributed by atoms with Crippen molar-refractivity contribution in [3.63, 3.8) is 0 Å². The minimum Gasteiger partial charge on any atom is -0.461 e. The maximum Gasteiger partial charge on any atom is 0.357 e. The van der Waals surface area contributed by atoms with Crippen LogP contribution in [-0.4, -0.2) is 27.8 Å². The Morgan fingerprint density at radius 2 is 1.41 bits per heavy atom. The first-order valence-corrected chi connectivity index (χ1v) is 9.67. The van der Waals surface area contributed by atoms with Gasteiger partial charge in [-0.05, 0) is 36.8 Å². The number of hydrogen-bond donors (Lipinski definition) is 0. The van der Waals surface area contributed by atoms with Crippen LogP contribution in [-0.2, 0) is 4.74 Å². The average molecular weight is 424 g/mol. The maximum atomic E-state index is 12.8. The molecule has 0 radical (unpaired) electrons. The van der Waals surface area contributed by atoms with Gasteiger partial charge in [-0.2, -0.15) is 10.2 Å². The molecule has 0 aliphatic carbocycles. The van der Waals surface area contributed by atoms with E-state index in [1.807, 2.05) is 24.3 Å². The van der Waals surface area contributed by atoms with Crippen LogP contribution in [0.1, 0.15) is 17.4 Å². The molecule has 2 heterocycles. The SMILES string of the molecule is CCOC(=O)c1nc(-c2ccc(Cl)cc2)c2cnncc2c1-c1ccc(Cl)cc1. The second-order valence-electron chi connectivity index (χ2n) is 6.23. The van der Waals surface area contributed by atoms with Gasteiger partial charge in [0, 0.05) is 31.9 Å². The Morgan fingerprint density at radius 3 is 2.00 bits per heavy atom. The molecule has 0 spiro atoms. The first-order valence-electron chi connectivity index (χ1n) is 8.92. The summed E-state index contributed by atoms with van der Waals surface area (Å²) in [5, 5.41) is 10.8. The molecular weight excluding hydrogens is 409 g/mol. The number of pyridine rings is 1. The van der Waals surface area contributed by atoms with Crippen LogP contribution >= 0.6 is 23.2 Å². The lowest BCUT2D eigenvalue weighted by molar-refractivity contribution is 0.0521. The lowest BCUT2D eigenvalue weighted by atomic mass is 9.95. The summed E-state index contributed by atoms with van der Waals surface area (Å²) >= 11 is 12.1. The number of aromatic nitrogens is 3. The number of hydrogen-bond acceptors (Lipinski definition) is 5. The lowest BCUT2D eigenvalue weighted by Gasteiger charge is -2.15. The van der Waals surface area contributed by atoms with Gasteiger partial charge < -0.3 is 4.74 Å². The van der Waals surface area contributed by atoms with E-state index in [2.05, 4.69) is 10.2 Å². The lowest BCUT2D eigenvalue weighted by Crippen LogP contribution is -2.11. The van der Waals surface area contributed by atoms with E-state index in [9.17, 15) is 4.79 Å². The standard InChI is InChI=1S/C22H15Cl2N3O2/c1-2-29-22(28)21-19(13-3-7-15(23)8-4-13)17-11-25-26-12-18(17)20(27-21)14-5-9-16(24)10-6-14/h3-12H,2H2,1H3. The molecule has 0 N–H and O–H groups in total. The van der Waals surface area contributed by atoms with Crippen LogP contribution in [0, 0.1) is 0 Å². The third-order valence-corrected chi connectivity index (χ3v) is 4.94. The third kappa shape index (κ3) is 3.79. The summed E-state index contributed by atoms with van der Waals surface area (Å²) in [6.07, 6.45) is 3.27. The van der Waals surface area contributed by atoms with E-state index in [0.29, 0.717) is 21.3 Å². The minimum atomic E-state index is -0.508. The second-order valence-corrected chi connectivity index (χ2v) is 7.11. The topological polar surface area (TPSA) is 65.0 Å². The zero-order valence-electron chi connectivity index (χ0n) is 15.4. The van der Waals surface area contributed by atoms with E-state index >= 15 is 0 Å². The van der Waals surface area contributed by atoms with E-state index in [0.717, 1.165) is 21.9 Å². The summed E-state index contributed by atoms with van der Waals surface area (Å²) in [6.45, 7) is 2.00.